The maximum absolute atomic E-state index is 11.3. The van der Waals surface area contributed by atoms with E-state index in [0.717, 1.165) is 5.69 Å². The second-order valence-electron chi connectivity index (χ2n) is 3.70. The Morgan fingerprint density at radius 3 is 3.24 bits per heavy atom. The Morgan fingerprint density at radius 1 is 1.71 bits per heavy atom. The molecule has 1 aromatic heterocycles. The van der Waals surface area contributed by atoms with E-state index in [4.69, 9.17) is 15.7 Å². The summed E-state index contributed by atoms with van der Waals surface area (Å²) in [5, 5.41) is 8.79. The van der Waals surface area contributed by atoms with Crippen LogP contribution in [0, 0.1) is 11.3 Å². The number of nitrogens with two attached hydrogens (primary N) is 1. The van der Waals surface area contributed by atoms with Crippen molar-refractivity contribution in [2.75, 3.05) is 24.7 Å². The number of anilines is 1. The number of morpholine rings is 1. The van der Waals surface area contributed by atoms with Crippen molar-refractivity contribution in [3.8, 4) is 6.07 Å². The molecule has 17 heavy (non-hydrogen) atoms. The fourth-order valence-corrected chi connectivity index (χ4v) is 1.81. The summed E-state index contributed by atoms with van der Waals surface area (Å²) < 4.78 is 5.23. The first-order chi connectivity index (χ1) is 8.22. The Labute approximate surface area is 98.6 Å². The number of nitrogens with zero attached hydrogens (tertiary/aromatic N) is 3. The lowest BCUT2D eigenvalue weighted by atomic mass is 10.2. The number of pyridine rings is 1. The molecule has 6 heteroatoms. The molecule has 6 nitrogen and oxygen atoms in total. The largest absolute Gasteiger partial charge is 0.377 e. The molecule has 2 rings (SSSR count). The van der Waals surface area contributed by atoms with E-state index in [9.17, 15) is 4.79 Å². The summed E-state index contributed by atoms with van der Waals surface area (Å²) in [5.41, 5.74) is 6.41. The fraction of sp³-hybridized carbons (Fsp3) is 0.364. The van der Waals surface area contributed by atoms with E-state index in [2.05, 4.69) is 4.98 Å². The van der Waals surface area contributed by atoms with Crippen LogP contribution >= 0.6 is 0 Å². The highest BCUT2D eigenvalue weighted by Gasteiger charge is 2.27. The summed E-state index contributed by atoms with van der Waals surface area (Å²) in [6, 6.07) is 4.87. The van der Waals surface area contributed by atoms with Gasteiger partial charge < -0.3 is 15.4 Å². The van der Waals surface area contributed by atoms with Crippen LogP contribution in [0.1, 0.15) is 5.69 Å². The maximum Gasteiger partial charge on any atom is 0.242 e. The summed E-state index contributed by atoms with van der Waals surface area (Å²) in [6.07, 6.45) is 1.54. The number of hydrogen-bond donors (Lipinski definition) is 1. The predicted octanol–water partition coefficient (Wildman–Crippen LogP) is -0.356. The molecule has 1 aliphatic rings. The Morgan fingerprint density at radius 2 is 2.53 bits per heavy atom. The number of carbonyl (C=O) groups is 1. The normalized spacial score (nSPS) is 19.7. The second-order valence-corrected chi connectivity index (χ2v) is 3.70. The number of primary amides is 1. The smallest absolute Gasteiger partial charge is 0.242 e. The number of aromatic nitrogens is 1. The lowest BCUT2D eigenvalue weighted by molar-refractivity contribution is -0.121. The van der Waals surface area contributed by atoms with Crippen molar-refractivity contribution in [1.82, 2.24) is 4.98 Å². The molecule has 1 saturated heterocycles. The number of nitriles is 1. The quantitative estimate of drug-likeness (QED) is 0.752. The van der Waals surface area contributed by atoms with Gasteiger partial charge in [0.1, 0.15) is 17.8 Å². The average Bonchev–Trinajstić information content (AvgIpc) is 2.39. The van der Waals surface area contributed by atoms with Crippen LogP contribution in [0.2, 0.25) is 0 Å². The highest BCUT2D eigenvalue weighted by molar-refractivity contribution is 5.84. The summed E-state index contributed by atoms with van der Waals surface area (Å²) >= 11 is 0. The number of carbonyl (C=O) groups excluding carboxylic acids is 1. The lowest BCUT2D eigenvalue weighted by Gasteiger charge is -2.35. The van der Waals surface area contributed by atoms with Crippen molar-refractivity contribution in [1.29, 1.82) is 5.26 Å². The first kappa shape index (κ1) is 11.4. The van der Waals surface area contributed by atoms with Crippen LogP contribution in [0.5, 0.6) is 0 Å². The average molecular weight is 232 g/mol. The third kappa shape index (κ3) is 2.34. The zero-order chi connectivity index (χ0) is 12.3. The third-order valence-corrected chi connectivity index (χ3v) is 2.65. The van der Waals surface area contributed by atoms with Crippen molar-refractivity contribution in [3.63, 3.8) is 0 Å². The van der Waals surface area contributed by atoms with Crippen molar-refractivity contribution >= 4 is 11.6 Å². The van der Waals surface area contributed by atoms with Crippen molar-refractivity contribution in [3.05, 3.63) is 24.0 Å². The van der Waals surface area contributed by atoms with Gasteiger partial charge in [-0.25, -0.2) is 4.98 Å². The van der Waals surface area contributed by atoms with Gasteiger partial charge in [-0.3, -0.25) is 4.79 Å². The van der Waals surface area contributed by atoms with Gasteiger partial charge in [0.25, 0.3) is 0 Å². The van der Waals surface area contributed by atoms with E-state index in [1.165, 1.54) is 0 Å². The van der Waals surface area contributed by atoms with Gasteiger partial charge in [-0.05, 0) is 12.1 Å². The van der Waals surface area contributed by atoms with Gasteiger partial charge in [-0.1, -0.05) is 0 Å². The molecule has 1 aromatic rings. The Bertz CT molecular complexity index is 469. The number of hydrogen-bond acceptors (Lipinski definition) is 5. The lowest BCUT2D eigenvalue weighted by Crippen LogP contribution is -2.52. The summed E-state index contributed by atoms with van der Waals surface area (Å²) in [4.78, 5) is 17.0. The van der Waals surface area contributed by atoms with Gasteiger partial charge in [-0.2, -0.15) is 5.26 Å². The molecule has 0 spiro atoms. The minimum absolute atomic E-state index is 0.277. The molecule has 0 aromatic carbocycles. The van der Waals surface area contributed by atoms with Crippen LogP contribution in [-0.2, 0) is 9.53 Å². The molecule has 1 amide bonds. The molecule has 1 atom stereocenters. The van der Waals surface area contributed by atoms with Crippen molar-refractivity contribution in [2.24, 2.45) is 5.73 Å². The number of rotatable bonds is 2. The highest BCUT2D eigenvalue weighted by atomic mass is 16.5. The molecule has 2 heterocycles. The standard InChI is InChI=1S/C11H12N4O2/c12-6-8-5-9(1-2-14-8)15-3-4-17-7-10(15)11(13)16/h1-2,5,10H,3-4,7H2,(H2,13,16). The van der Waals surface area contributed by atoms with E-state index in [0.29, 0.717) is 18.8 Å². The van der Waals surface area contributed by atoms with Gasteiger partial charge in [0.15, 0.2) is 0 Å². The SMILES string of the molecule is N#Cc1cc(N2CCOCC2C(N)=O)ccn1. The van der Waals surface area contributed by atoms with Crippen LogP contribution in [0.15, 0.2) is 18.3 Å². The molecular weight excluding hydrogens is 220 g/mol. The van der Waals surface area contributed by atoms with Gasteiger partial charge in [0.05, 0.1) is 13.2 Å². The highest BCUT2D eigenvalue weighted by Crippen LogP contribution is 2.19. The van der Waals surface area contributed by atoms with Crippen molar-refractivity contribution < 1.29 is 9.53 Å². The minimum atomic E-state index is -0.488. The molecule has 88 valence electrons. The van der Waals surface area contributed by atoms with Crippen LogP contribution in [-0.4, -0.2) is 36.7 Å². The van der Waals surface area contributed by atoms with E-state index >= 15 is 0 Å². The molecule has 1 unspecified atom stereocenters. The first-order valence-corrected chi connectivity index (χ1v) is 5.22. The zero-order valence-corrected chi connectivity index (χ0v) is 9.17. The van der Waals surface area contributed by atoms with Crippen molar-refractivity contribution in [2.45, 2.75) is 6.04 Å². The van der Waals surface area contributed by atoms with E-state index in [1.54, 1.807) is 18.3 Å². The van der Waals surface area contributed by atoms with E-state index in [1.807, 2.05) is 11.0 Å². The summed E-state index contributed by atoms with van der Waals surface area (Å²) in [7, 11) is 0. The molecule has 0 saturated carbocycles. The van der Waals surface area contributed by atoms with Crippen LogP contribution in [0.3, 0.4) is 0 Å². The molecule has 0 bridgehead atoms. The number of ether oxygens (including phenoxy) is 1. The van der Waals surface area contributed by atoms with Gasteiger partial charge in [0.2, 0.25) is 5.91 Å². The molecule has 0 aliphatic carbocycles. The summed E-state index contributed by atoms with van der Waals surface area (Å²) in [5.74, 6) is -0.431. The van der Waals surface area contributed by atoms with Crippen LogP contribution in [0.25, 0.3) is 0 Å². The first-order valence-electron chi connectivity index (χ1n) is 5.22. The van der Waals surface area contributed by atoms with Crippen LogP contribution < -0.4 is 10.6 Å². The second kappa shape index (κ2) is 4.80. The predicted molar refractivity (Wildman–Crippen MR) is 60.1 cm³/mol. The van der Waals surface area contributed by atoms with E-state index in [-0.39, 0.29) is 6.61 Å². The molecule has 2 N–H and O–H groups in total. The molecule has 1 fully saturated rings. The Hall–Kier alpha value is -2.13. The van der Waals surface area contributed by atoms with E-state index < -0.39 is 11.9 Å². The zero-order valence-electron chi connectivity index (χ0n) is 9.17. The van der Waals surface area contributed by atoms with Gasteiger partial charge >= 0.3 is 0 Å². The third-order valence-electron chi connectivity index (χ3n) is 2.65. The minimum Gasteiger partial charge on any atom is -0.377 e. The Balaban J connectivity index is 2.29. The maximum atomic E-state index is 11.3. The number of amides is 1. The fourth-order valence-electron chi connectivity index (χ4n) is 1.81. The summed E-state index contributed by atoms with van der Waals surface area (Å²) in [6.45, 7) is 1.38. The van der Waals surface area contributed by atoms with Gasteiger partial charge in [-0.15, -0.1) is 0 Å². The van der Waals surface area contributed by atoms with Gasteiger partial charge in [0, 0.05) is 18.4 Å². The molecule has 0 radical (unpaired) electrons. The molecule has 1 aliphatic heterocycles. The van der Waals surface area contributed by atoms with Crippen LogP contribution in [0.4, 0.5) is 5.69 Å². The Kier molecular flexibility index (Phi) is 3.21. The monoisotopic (exact) mass is 232 g/mol. The topological polar surface area (TPSA) is 92.2 Å². The molecular formula is C11H12N4O2.